The maximum atomic E-state index is 12.4. The van der Waals surface area contributed by atoms with Crippen molar-refractivity contribution in [3.8, 4) is 0 Å². The van der Waals surface area contributed by atoms with E-state index in [1.165, 1.54) is 0 Å². The van der Waals surface area contributed by atoms with Crippen molar-refractivity contribution in [1.29, 1.82) is 0 Å². The second-order valence-corrected chi connectivity index (χ2v) is 6.63. The fourth-order valence-electron chi connectivity index (χ4n) is 2.67. The Hall–Kier alpha value is -1.61. The zero-order chi connectivity index (χ0) is 14.8. The van der Waals surface area contributed by atoms with Crippen LogP contribution in [0.2, 0.25) is 0 Å². The SMILES string of the molecule is CN(C)CC1=C(Nc2ccccc2)CC(C)(C)CC1=O. The second kappa shape index (κ2) is 5.80. The summed E-state index contributed by atoms with van der Waals surface area (Å²) in [4.78, 5) is 14.5. The van der Waals surface area contributed by atoms with Gasteiger partial charge in [-0.15, -0.1) is 0 Å². The Bertz CT molecular complexity index is 515. The Morgan fingerprint density at radius 1 is 1.15 bits per heavy atom. The van der Waals surface area contributed by atoms with Crippen molar-refractivity contribution in [2.24, 2.45) is 5.41 Å². The van der Waals surface area contributed by atoms with Gasteiger partial charge in [0.1, 0.15) is 0 Å². The summed E-state index contributed by atoms with van der Waals surface area (Å²) in [5.41, 5.74) is 3.08. The first-order valence-corrected chi connectivity index (χ1v) is 7.09. The number of likely N-dealkylation sites (N-methyl/N-ethyl adjacent to an activating group) is 1. The van der Waals surface area contributed by atoms with Gasteiger partial charge in [0, 0.05) is 29.9 Å². The molecule has 0 aromatic heterocycles. The monoisotopic (exact) mass is 272 g/mol. The van der Waals surface area contributed by atoms with Crippen molar-refractivity contribution in [1.82, 2.24) is 4.90 Å². The standard InChI is InChI=1S/C17H24N2O/c1-17(2)10-15(18-13-8-6-5-7-9-13)14(12-19(3)4)16(20)11-17/h5-9,18H,10-12H2,1-4H3. The summed E-state index contributed by atoms with van der Waals surface area (Å²) >= 11 is 0. The van der Waals surface area contributed by atoms with Gasteiger partial charge < -0.3 is 10.2 Å². The molecule has 1 aromatic rings. The highest BCUT2D eigenvalue weighted by molar-refractivity contribution is 5.98. The van der Waals surface area contributed by atoms with Crippen molar-refractivity contribution in [3.63, 3.8) is 0 Å². The highest BCUT2D eigenvalue weighted by atomic mass is 16.1. The van der Waals surface area contributed by atoms with Crippen LogP contribution in [0.5, 0.6) is 0 Å². The predicted molar refractivity (Wildman–Crippen MR) is 83.7 cm³/mol. The van der Waals surface area contributed by atoms with Crippen molar-refractivity contribution < 1.29 is 4.79 Å². The van der Waals surface area contributed by atoms with Crippen LogP contribution in [0.3, 0.4) is 0 Å². The van der Waals surface area contributed by atoms with Crippen LogP contribution in [0.15, 0.2) is 41.6 Å². The van der Waals surface area contributed by atoms with Crippen LogP contribution in [-0.2, 0) is 4.79 Å². The number of rotatable bonds is 4. The van der Waals surface area contributed by atoms with Gasteiger partial charge in [-0.05, 0) is 38.1 Å². The summed E-state index contributed by atoms with van der Waals surface area (Å²) in [6.45, 7) is 5.01. The van der Waals surface area contributed by atoms with E-state index in [2.05, 4.69) is 24.1 Å². The van der Waals surface area contributed by atoms with Gasteiger partial charge in [0.25, 0.3) is 0 Å². The maximum Gasteiger partial charge on any atom is 0.162 e. The van der Waals surface area contributed by atoms with Gasteiger partial charge in [0.05, 0.1) is 0 Å². The summed E-state index contributed by atoms with van der Waals surface area (Å²) in [6.07, 6.45) is 1.55. The van der Waals surface area contributed by atoms with Crippen LogP contribution in [0.4, 0.5) is 5.69 Å². The summed E-state index contributed by atoms with van der Waals surface area (Å²) in [5, 5.41) is 3.45. The lowest BCUT2D eigenvalue weighted by Crippen LogP contribution is -2.32. The predicted octanol–water partition coefficient (Wildman–Crippen LogP) is 3.30. The molecule has 0 saturated heterocycles. The third-order valence-corrected chi connectivity index (χ3v) is 3.54. The number of benzene rings is 1. The summed E-state index contributed by atoms with van der Waals surface area (Å²) in [5.74, 6) is 0.272. The number of carbonyl (C=O) groups is 1. The first kappa shape index (κ1) is 14.8. The fourth-order valence-corrected chi connectivity index (χ4v) is 2.67. The van der Waals surface area contributed by atoms with Crippen LogP contribution in [-0.4, -0.2) is 31.3 Å². The lowest BCUT2D eigenvalue weighted by atomic mass is 9.75. The molecule has 0 amide bonds. The number of ketones is 1. The van der Waals surface area contributed by atoms with Crippen molar-refractivity contribution in [2.75, 3.05) is 26.0 Å². The van der Waals surface area contributed by atoms with Gasteiger partial charge in [-0.1, -0.05) is 32.0 Å². The van der Waals surface area contributed by atoms with Crippen molar-refractivity contribution >= 4 is 11.5 Å². The van der Waals surface area contributed by atoms with E-state index in [-0.39, 0.29) is 11.2 Å². The second-order valence-electron chi connectivity index (χ2n) is 6.63. The van der Waals surface area contributed by atoms with E-state index in [0.717, 1.165) is 23.4 Å². The molecule has 1 N–H and O–H groups in total. The summed E-state index contributed by atoms with van der Waals surface area (Å²) < 4.78 is 0. The van der Waals surface area contributed by atoms with Crippen LogP contribution < -0.4 is 5.32 Å². The zero-order valence-corrected chi connectivity index (χ0v) is 12.9. The Morgan fingerprint density at radius 2 is 1.80 bits per heavy atom. The summed E-state index contributed by atoms with van der Waals surface area (Å²) in [6, 6.07) is 10.1. The van der Waals surface area contributed by atoms with E-state index in [0.29, 0.717) is 13.0 Å². The maximum absolute atomic E-state index is 12.4. The number of hydrogen-bond donors (Lipinski definition) is 1. The van der Waals surface area contributed by atoms with E-state index in [9.17, 15) is 4.79 Å². The fraction of sp³-hybridized carbons (Fsp3) is 0.471. The minimum atomic E-state index is 0.0318. The van der Waals surface area contributed by atoms with Gasteiger partial charge >= 0.3 is 0 Å². The number of Topliss-reactive ketones (excluding diaryl/α,β-unsaturated/α-hetero) is 1. The van der Waals surface area contributed by atoms with Crippen LogP contribution in [0.25, 0.3) is 0 Å². The molecule has 3 heteroatoms. The Balaban J connectivity index is 2.32. The number of nitrogens with zero attached hydrogens (tertiary/aromatic N) is 1. The normalized spacial score (nSPS) is 18.6. The lowest BCUT2D eigenvalue weighted by Gasteiger charge is -2.33. The number of hydrogen-bond acceptors (Lipinski definition) is 3. The topological polar surface area (TPSA) is 32.3 Å². The molecule has 20 heavy (non-hydrogen) atoms. The number of allylic oxidation sites excluding steroid dienone is 1. The zero-order valence-electron chi connectivity index (χ0n) is 12.9. The molecule has 0 radical (unpaired) electrons. The lowest BCUT2D eigenvalue weighted by molar-refractivity contribution is -0.118. The van der Waals surface area contributed by atoms with E-state index >= 15 is 0 Å². The quantitative estimate of drug-likeness (QED) is 0.912. The first-order chi connectivity index (χ1) is 9.37. The minimum absolute atomic E-state index is 0.0318. The minimum Gasteiger partial charge on any atom is -0.359 e. The molecular weight excluding hydrogens is 248 g/mol. The smallest absolute Gasteiger partial charge is 0.162 e. The summed E-state index contributed by atoms with van der Waals surface area (Å²) in [7, 11) is 4.00. The van der Waals surface area contributed by atoms with E-state index < -0.39 is 0 Å². The van der Waals surface area contributed by atoms with E-state index in [1.54, 1.807) is 0 Å². The van der Waals surface area contributed by atoms with Crippen molar-refractivity contribution in [2.45, 2.75) is 26.7 Å². The molecule has 1 aliphatic carbocycles. The molecule has 0 heterocycles. The first-order valence-electron chi connectivity index (χ1n) is 7.09. The highest BCUT2D eigenvalue weighted by Gasteiger charge is 2.32. The number of para-hydroxylation sites is 1. The Labute approximate surface area is 121 Å². The molecule has 2 rings (SSSR count). The Kier molecular flexibility index (Phi) is 4.29. The van der Waals surface area contributed by atoms with E-state index in [1.807, 2.05) is 44.4 Å². The molecule has 0 atom stereocenters. The third kappa shape index (κ3) is 3.70. The molecule has 108 valence electrons. The Morgan fingerprint density at radius 3 is 2.40 bits per heavy atom. The number of nitrogens with one attached hydrogen (secondary N) is 1. The molecular formula is C17H24N2O. The molecule has 1 aliphatic rings. The van der Waals surface area contributed by atoms with Gasteiger partial charge in [-0.2, -0.15) is 0 Å². The molecule has 3 nitrogen and oxygen atoms in total. The molecule has 0 unspecified atom stereocenters. The van der Waals surface area contributed by atoms with Gasteiger partial charge in [-0.25, -0.2) is 0 Å². The largest absolute Gasteiger partial charge is 0.359 e. The number of carbonyl (C=O) groups excluding carboxylic acids is 1. The third-order valence-electron chi connectivity index (χ3n) is 3.54. The van der Waals surface area contributed by atoms with Gasteiger partial charge in [0.2, 0.25) is 0 Å². The van der Waals surface area contributed by atoms with Gasteiger partial charge in [0.15, 0.2) is 5.78 Å². The van der Waals surface area contributed by atoms with E-state index in [4.69, 9.17) is 0 Å². The van der Waals surface area contributed by atoms with Gasteiger partial charge in [-0.3, -0.25) is 4.79 Å². The highest BCUT2D eigenvalue weighted by Crippen LogP contribution is 2.37. The molecule has 0 saturated carbocycles. The van der Waals surface area contributed by atoms with Crippen LogP contribution >= 0.6 is 0 Å². The average molecular weight is 272 g/mol. The molecule has 0 spiro atoms. The average Bonchev–Trinajstić information content (AvgIpc) is 2.34. The molecule has 0 fully saturated rings. The van der Waals surface area contributed by atoms with Crippen LogP contribution in [0, 0.1) is 5.41 Å². The number of anilines is 1. The molecule has 0 bridgehead atoms. The van der Waals surface area contributed by atoms with Crippen LogP contribution in [0.1, 0.15) is 26.7 Å². The molecule has 1 aromatic carbocycles. The van der Waals surface area contributed by atoms with Crippen molar-refractivity contribution in [3.05, 3.63) is 41.6 Å². The molecule has 0 aliphatic heterocycles.